The van der Waals surface area contributed by atoms with Crippen molar-refractivity contribution in [1.82, 2.24) is 4.72 Å². The van der Waals surface area contributed by atoms with Crippen LogP contribution in [0, 0.1) is 5.92 Å². The molecule has 0 rings (SSSR count). The summed E-state index contributed by atoms with van der Waals surface area (Å²) in [5, 5.41) is 0. The molecule has 0 spiro atoms. The van der Waals surface area contributed by atoms with Crippen molar-refractivity contribution in [2.24, 2.45) is 5.92 Å². The van der Waals surface area contributed by atoms with Crippen molar-refractivity contribution in [2.45, 2.75) is 69.6 Å². The lowest BCUT2D eigenvalue weighted by Crippen LogP contribution is -2.54. The fourth-order valence-corrected chi connectivity index (χ4v) is 5.71. The van der Waals surface area contributed by atoms with Crippen LogP contribution in [-0.2, 0) is 19.1 Å². The molecular weight excluding hydrogens is 563 g/mol. The number of sulfonamides is 1. The van der Waals surface area contributed by atoms with Gasteiger partial charge in [0.15, 0.2) is 0 Å². The van der Waals surface area contributed by atoms with E-state index in [0.717, 1.165) is 13.8 Å². The van der Waals surface area contributed by atoms with Crippen LogP contribution in [0.4, 0.5) is 35.1 Å². The Morgan fingerprint density at radius 1 is 0.946 bits per heavy atom. The highest BCUT2D eigenvalue weighted by molar-refractivity contribution is 7.89. The lowest BCUT2D eigenvalue weighted by Gasteiger charge is -2.34. The summed E-state index contributed by atoms with van der Waals surface area (Å²) < 4.78 is 149. The summed E-state index contributed by atoms with van der Waals surface area (Å²) in [6.45, 7) is 1.52. The predicted octanol–water partition coefficient (Wildman–Crippen LogP) is 4.96. The van der Waals surface area contributed by atoms with E-state index in [1.165, 1.54) is 0 Å². The highest BCUT2D eigenvalue weighted by atomic mass is 32.2. The van der Waals surface area contributed by atoms with Gasteiger partial charge in [0.1, 0.15) is 5.67 Å². The molecule has 0 aliphatic heterocycles. The van der Waals surface area contributed by atoms with Gasteiger partial charge in [-0.05, 0) is 39.0 Å². The fourth-order valence-electron chi connectivity index (χ4n) is 3.58. The summed E-state index contributed by atoms with van der Waals surface area (Å²) in [5.41, 5.74) is -7.81. The Hall–Kier alpha value is -0.540. The molecule has 0 saturated carbocycles. The molecule has 0 aliphatic carbocycles. The molecule has 0 bridgehead atoms. The number of nitrogens with one attached hydrogen (secondary N) is 1. The van der Waals surface area contributed by atoms with Crippen LogP contribution in [0.1, 0.15) is 46.0 Å². The van der Waals surface area contributed by atoms with Gasteiger partial charge in [-0.15, -0.1) is 0 Å². The van der Waals surface area contributed by atoms with E-state index in [4.69, 9.17) is 4.52 Å². The molecule has 0 aromatic rings. The van der Waals surface area contributed by atoms with Gasteiger partial charge in [-0.3, -0.25) is 4.57 Å². The number of hydrogen-bond donors (Lipinski definition) is 2. The van der Waals surface area contributed by atoms with Crippen LogP contribution >= 0.6 is 7.60 Å². The van der Waals surface area contributed by atoms with E-state index in [2.05, 4.69) is 0 Å². The minimum atomic E-state index is -6.30. The molecular formula is C20H38F8N2O5PS+. The molecule has 224 valence electrons. The van der Waals surface area contributed by atoms with Gasteiger partial charge in [0.25, 0.3) is 5.67 Å². The Kier molecular flexibility index (Phi) is 13.0. The summed E-state index contributed by atoms with van der Waals surface area (Å²) in [6.07, 6.45) is -16.4. The van der Waals surface area contributed by atoms with Crippen molar-refractivity contribution in [3.05, 3.63) is 0 Å². The van der Waals surface area contributed by atoms with Gasteiger partial charge >= 0.3 is 19.9 Å². The highest BCUT2D eigenvalue weighted by Crippen LogP contribution is 2.51. The lowest BCUT2D eigenvalue weighted by molar-refractivity contribution is -0.870. The van der Waals surface area contributed by atoms with Crippen LogP contribution in [0.25, 0.3) is 0 Å². The van der Waals surface area contributed by atoms with Crippen molar-refractivity contribution in [2.75, 3.05) is 52.8 Å². The number of quaternary nitrogens is 1. The van der Waals surface area contributed by atoms with Crippen molar-refractivity contribution < 1.29 is 62.0 Å². The molecule has 37 heavy (non-hydrogen) atoms. The number of rotatable bonds is 17. The summed E-state index contributed by atoms with van der Waals surface area (Å²) in [6, 6.07) is 0. The lowest BCUT2D eigenvalue weighted by atomic mass is 9.82. The Morgan fingerprint density at radius 3 is 1.89 bits per heavy atom. The summed E-state index contributed by atoms with van der Waals surface area (Å²) in [7, 11) is -2.41. The SMILES string of the molecule is CC(C)(F)CC(CCCS(=O)(=O)NCCOP(=O)(O)CCC[N+](C)(C)C)CC(F)(C(F)(F)F)C(F)(F)F. The van der Waals surface area contributed by atoms with Crippen LogP contribution < -0.4 is 4.72 Å². The zero-order chi connectivity index (χ0) is 29.6. The normalized spacial score (nSPS) is 17.0. The third kappa shape index (κ3) is 15.0. The van der Waals surface area contributed by atoms with Crippen LogP contribution in [0.3, 0.4) is 0 Å². The summed E-state index contributed by atoms with van der Waals surface area (Å²) >= 11 is 0. The van der Waals surface area contributed by atoms with Gasteiger partial charge in [0.05, 0.1) is 46.2 Å². The predicted molar refractivity (Wildman–Crippen MR) is 123 cm³/mol. The minimum absolute atomic E-state index is 0.145. The van der Waals surface area contributed by atoms with Crippen molar-refractivity contribution in [3.8, 4) is 0 Å². The first-order valence-electron chi connectivity index (χ1n) is 11.5. The number of nitrogens with zero attached hydrogens (tertiary/aromatic N) is 1. The molecule has 0 fully saturated rings. The van der Waals surface area contributed by atoms with Crippen LogP contribution in [0.2, 0.25) is 0 Å². The second kappa shape index (κ2) is 13.2. The maximum atomic E-state index is 14.2. The van der Waals surface area contributed by atoms with Gasteiger partial charge in [0.2, 0.25) is 10.0 Å². The van der Waals surface area contributed by atoms with Crippen LogP contribution in [-0.4, -0.2) is 94.2 Å². The maximum Gasteiger partial charge on any atom is 0.431 e. The van der Waals surface area contributed by atoms with Gasteiger partial charge in [-0.1, -0.05) is 0 Å². The van der Waals surface area contributed by atoms with Crippen molar-refractivity contribution in [1.29, 1.82) is 0 Å². The minimum Gasteiger partial charge on any atom is -0.331 e. The largest absolute Gasteiger partial charge is 0.431 e. The molecule has 2 unspecified atom stereocenters. The third-order valence-corrected chi connectivity index (χ3v) is 8.19. The van der Waals surface area contributed by atoms with Crippen molar-refractivity contribution >= 4 is 17.6 Å². The first-order chi connectivity index (χ1) is 16.2. The Bertz CT molecular complexity index is 841. The standard InChI is InChI=1S/C20H37F8N2O5PS/c1-17(2,21)14-16(15-18(22,19(23,24)25)20(26,27)28)8-6-13-37(33,34)29-9-11-35-36(31,32)12-7-10-30(3,4)5/h16,29H,6-15H2,1-5H3/p+1. The van der Waals surface area contributed by atoms with Crippen molar-refractivity contribution in [3.63, 3.8) is 0 Å². The van der Waals surface area contributed by atoms with Gasteiger partial charge < -0.3 is 13.9 Å². The molecule has 0 heterocycles. The quantitative estimate of drug-likeness (QED) is 0.106. The average molecular weight is 602 g/mol. The van der Waals surface area contributed by atoms with Gasteiger partial charge in [-0.2, -0.15) is 26.3 Å². The molecule has 0 saturated heterocycles. The second-order valence-corrected chi connectivity index (χ2v) is 14.6. The van der Waals surface area contributed by atoms with Crippen LogP contribution in [0.15, 0.2) is 0 Å². The highest BCUT2D eigenvalue weighted by Gasteiger charge is 2.72. The summed E-state index contributed by atoms with van der Waals surface area (Å²) in [4.78, 5) is 9.77. The molecule has 0 amide bonds. The molecule has 0 aliphatic rings. The van der Waals surface area contributed by atoms with E-state index >= 15 is 0 Å². The Balaban J connectivity index is 4.94. The van der Waals surface area contributed by atoms with Crippen LogP contribution in [0.5, 0.6) is 0 Å². The first kappa shape index (κ1) is 36.5. The molecule has 0 aromatic carbocycles. The summed E-state index contributed by atoms with van der Waals surface area (Å²) in [5.74, 6) is -2.52. The molecule has 0 radical (unpaired) electrons. The van der Waals surface area contributed by atoms with E-state index in [1.54, 1.807) is 0 Å². The fraction of sp³-hybridized carbons (Fsp3) is 1.00. The van der Waals surface area contributed by atoms with E-state index in [1.807, 2.05) is 25.9 Å². The number of alkyl halides is 8. The molecule has 17 heteroatoms. The zero-order valence-electron chi connectivity index (χ0n) is 21.6. The molecule has 2 N–H and O–H groups in total. The molecule has 7 nitrogen and oxygen atoms in total. The monoisotopic (exact) mass is 601 g/mol. The van der Waals surface area contributed by atoms with Gasteiger partial charge in [-0.25, -0.2) is 21.9 Å². The molecule has 0 aromatic heterocycles. The van der Waals surface area contributed by atoms with E-state index in [0.29, 0.717) is 17.4 Å². The van der Waals surface area contributed by atoms with Gasteiger partial charge in [0, 0.05) is 19.4 Å². The number of hydrogen-bond acceptors (Lipinski definition) is 4. The third-order valence-electron chi connectivity index (χ3n) is 5.25. The van der Waals surface area contributed by atoms with E-state index in [-0.39, 0.29) is 6.16 Å². The number of halogens is 8. The topological polar surface area (TPSA) is 92.7 Å². The molecule has 2 atom stereocenters. The smallest absolute Gasteiger partial charge is 0.331 e. The second-order valence-electron chi connectivity index (χ2n) is 10.7. The average Bonchev–Trinajstić information content (AvgIpc) is 2.60. The Labute approximate surface area is 213 Å². The Morgan fingerprint density at radius 2 is 1.46 bits per heavy atom. The van der Waals surface area contributed by atoms with E-state index in [9.17, 15) is 53.0 Å². The first-order valence-corrected chi connectivity index (χ1v) is 14.9. The maximum absolute atomic E-state index is 14.2. The zero-order valence-corrected chi connectivity index (χ0v) is 23.3. The van der Waals surface area contributed by atoms with E-state index < -0.39 is 91.8 Å².